The third kappa shape index (κ3) is 1.20. The molecule has 0 aliphatic carbocycles. The van der Waals surface area contributed by atoms with Gasteiger partial charge in [0.2, 0.25) is 0 Å². The molecule has 1 aromatic rings. The van der Waals surface area contributed by atoms with Crippen LogP contribution >= 0.6 is 11.8 Å². The highest BCUT2D eigenvalue weighted by molar-refractivity contribution is 7.99. The van der Waals surface area contributed by atoms with Crippen LogP contribution in [0.3, 0.4) is 0 Å². The Morgan fingerprint density at radius 1 is 1.75 bits per heavy atom. The molecule has 64 valence electrons. The molecule has 0 saturated carbocycles. The number of aryl methyl sites for hydroxylation is 1. The molecule has 0 unspecified atom stereocenters. The molecule has 4 nitrogen and oxygen atoms in total. The molecule has 1 aromatic heterocycles. The smallest absolute Gasteiger partial charge is 0.356 e. The van der Waals surface area contributed by atoms with E-state index >= 15 is 0 Å². The van der Waals surface area contributed by atoms with Crippen molar-refractivity contribution in [2.75, 3.05) is 5.75 Å². The number of hydrogen-bond donors (Lipinski definition) is 1. The first-order valence-electron chi connectivity index (χ1n) is 3.70. The van der Waals surface area contributed by atoms with Crippen molar-refractivity contribution in [3.05, 3.63) is 11.9 Å². The lowest BCUT2D eigenvalue weighted by Crippen LogP contribution is -2.05. The largest absolute Gasteiger partial charge is 0.476 e. The van der Waals surface area contributed by atoms with Crippen LogP contribution in [0, 0.1) is 0 Å². The predicted molar refractivity (Wildman–Crippen MR) is 44.5 cm³/mol. The molecule has 5 heteroatoms. The second-order valence-corrected chi connectivity index (χ2v) is 3.67. The molecule has 0 saturated heterocycles. The van der Waals surface area contributed by atoms with Crippen molar-refractivity contribution in [3.63, 3.8) is 0 Å². The van der Waals surface area contributed by atoms with Gasteiger partial charge in [0.25, 0.3) is 0 Å². The molecular formula is C7H8N2O2S. The van der Waals surface area contributed by atoms with Gasteiger partial charge in [0.15, 0.2) is 10.9 Å². The number of carbonyl (C=O) groups is 1. The second-order valence-electron chi connectivity index (χ2n) is 2.61. The van der Waals surface area contributed by atoms with Gasteiger partial charge in [-0.1, -0.05) is 11.8 Å². The first-order valence-corrected chi connectivity index (χ1v) is 4.69. The minimum Gasteiger partial charge on any atom is -0.476 e. The van der Waals surface area contributed by atoms with Crippen molar-refractivity contribution < 1.29 is 9.90 Å². The lowest BCUT2D eigenvalue weighted by molar-refractivity contribution is 0.0690. The van der Waals surface area contributed by atoms with Gasteiger partial charge < -0.3 is 9.67 Å². The lowest BCUT2D eigenvalue weighted by atomic mass is 10.4. The number of imidazole rings is 1. The molecule has 0 spiro atoms. The summed E-state index contributed by atoms with van der Waals surface area (Å²) in [5.74, 6) is 0.0910. The summed E-state index contributed by atoms with van der Waals surface area (Å²) in [6, 6.07) is 0. The number of fused-ring (bicyclic) bond motifs is 1. The van der Waals surface area contributed by atoms with Crippen molar-refractivity contribution >= 4 is 17.7 Å². The van der Waals surface area contributed by atoms with Gasteiger partial charge in [-0.3, -0.25) is 0 Å². The van der Waals surface area contributed by atoms with Crippen LogP contribution in [-0.2, 0) is 6.54 Å². The average molecular weight is 184 g/mol. The number of thioether (sulfide) groups is 1. The van der Waals surface area contributed by atoms with Crippen molar-refractivity contribution in [2.24, 2.45) is 0 Å². The summed E-state index contributed by atoms with van der Waals surface area (Å²) in [5.41, 5.74) is 0.152. The lowest BCUT2D eigenvalue weighted by Gasteiger charge is -2.11. The van der Waals surface area contributed by atoms with Gasteiger partial charge >= 0.3 is 5.97 Å². The molecule has 1 N–H and O–H groups in total. The molecule has 1 aliphatic rings. The molecule has 0 radical (unpaired) electrons. The SMILES string of the molecule is O=C(O)c1cn2c(n1)SCCC2. The number of nitrogens with zero attached hydrogens (tertiary/aromatic N) is 2. The van der Waals surface area contributed by atoms with E-state index in [1.54, 1.807) is 18.0 Å². The summed E-state index contributed by atoms with van der Waals surface area (Å²) in [6.45, 7) is 0.891. The zero-order valence-corrected chi connectivity index (χ0v) is 7.17. The first kappa shape index (κ1) is 7.67. The predicted octanol–water partition coefficient (Wildman–Crippen LogP) is 1.08. The Balaban J connectivity index is 2.38. The van der Waals surface area contributed by atoms with E-state index in [2.05, 4.69) is 4.98 Å². The number of hydrogen-bond acceptors (Lipinski definition) is 3. The summed E-state index contributed by atoms with van der Waals surface area (Å²) < 4.78 is 1.90. The summed E-state index contributed by atoms with van der Waals surface area (Å²) >= 11 is 1.62. The van der Waals surface area contributed by atoms with Crippen molar-refractivity contribution in [1.29, 1.82) is 0 Å². The number of aromatic carboxylic acids is 1. The van der Waals surface area contributed by atoms with Gasteiger partial charge in [-0.25, -0.2) is 9.78 Å². The van der Waals surface area contributed by atoms with Crippen LogP contribution < -0.4 is 0 Å². The summed E-state index contributed by atoms with van der Waals surface area (Å²) in [4.78, 5) is 14.5. The van der Waals surface area contributed by atoms with Gasteiger partial charge in [-0.05, 0) is 6.42 Å². The number of carboxylic acids is 1. The van der Waals surface area contributed by atoms with Crippen molar-refractivity contribution in [1.82, 2.24) is 9.55 Å². The Morgan fingerprint density at radius 2 is 2.58 bits per heavy atom. The van der Waals surface area contributed by atoms with Crippen LogP contribution in [-0.4, -0.2) is 26.4 Å². The molecule has 0 aromatic carbocycles. The topological polar surface area (TPSA) is 55.1 Å². The second kappa shape index (κ2) is 2.82. The van der Waals surface area contributed by atoms with Crippen LogP contribution in [0.1, 0.15) is 16.9 Å². The Labute approximate surface area is 73.6 Å². The molecule has 0 atom stereocenters. The van der Waals surface area contributed by atoms with Gasteiger partial charge in [0.05, 0.1) is 0 Å². The van der Waals surface area contributed by atoms with Gasteiger partial charge in [0.1, 0.15) is 0 Å². The van der Waals surface area contributed by atoms with E-state index in [9.17, 15) is 4.79 Å². The van der Waals surface area contributed by atoms with E-state index in [1.807, 2.05) is 4.57 Å². The standard InChI is InChI=1S/C7H8N2O2S/c10-6(11)5-4-9-2-1-3-12-7(9)8-5/h4H,1-3H2,(H,10,11). The number of carboxylic acid groups (broad SMARTS) is 1. The summed E-state index contributed by atoms with van der Waals surface area (Å²) in [6.07, 6.45) is 2.69. The Morgan fingerprint density at radius 3 is 3.25 bits per heavy atom. The fourth-order valence-electron chi connectivity index (χ4n) is 1.18. The average Bonchev–Trinajstić information content (AvgIpc) is 2.46. The highest BCUT2D eigenvalue weighted by Gasteiger charge is 2.15. The minimum absolute atomic E-state index is 0.152. The van der Waals surface area contributed by atoms with Gasteiger partial charge in [-0.2, -0.15) is 0 Å². The van der Waals surface area contributed by atoms with E-state index in [0.29, 0.717) is 0 Å². The molecule has 12 heavy (non-hydrogen) atoms. The number of rotatable bonds is 1. The van der Waals surface area contributed by atoms with Gasteiger partial charge in [0, 0.05) is 18.5 Å². The zero-order valence-electron chi connectivity index (χ0n) is 6.36. The molecule has 1 aliphatic heterocycles. The van der Waals surface area contributed by atoms with Gasteiger partial charge in [-0.15, -0.1) is 0 Å². The molecule has 0 amide bonds. The third-order valence-electron chi connectivity index (χ3n) is 1.73. The maximum atomic E-state index is 10.5. The summed E-state index contributed by atoms with van der Waals surface area (Å²) in [5, 5.41) is 9.48. The Kier molecular flexibility index (Phi) is 1.80. The normalized spacial score (nSPS) is 15.7. The van der Waals surface area contributed by atoms with Crippen LogP contribution in [0.4, 0.5) is 0 Å². The first-order chi connectivity index (χ1) is 5.77. The Hall–Kier alpha value is -0.970. The van der Waals surface area contributed by atoms with Crippen LogP contribution in [0.15, 0.2) is 11.4 Å². The van der Waals surface area contributed by atoms with E-state index in [0.717, 1.165) is 23.9 Å². The van der Waals surface area contributed by atoms with Crippen LogP contribution in [0.5, 0.6) is 0 Å². The highest BCUT2D eigenvalue weighted by atomic mass is 32.2. The van der Waals surface area contributed by atoms with Crippen molar-refractivity contribution in [2.45, 2.75) is 18.1 Å². The quantitative estimate of drug-likeness (QED) is 0.709. The molecular weight excluding hydrogens is 176 g/mol. The third-order valence-corrected chi connectivity index (χ3v) is 2.81. The van der Waals surface area contributed by atoms with Crippen LogP contribution in [0.25, 0.3) is 0 Å². The van der Waals surface area contributed by atoms with Crippen molar-refractivity contribution in [3.8, 4) is 0 Å². The van der Waals surface area contributed by atoms with Crippen LogP contribution in [0.2, 0.25) is 0 Å². The van der Waals surface area contributed by atoms with E-state index in [1.165, 1.54) is 0 Å². The van der Waals surface area contributed by atoms with E-state index in [4.69, 9.17) is 5.11 Å². The maximum absolute atomic E-state index is 10.5. The van der Waals surface area contributed by atoms with E-state index < -0.39 is 5.97 Å². The monoisotopic (exact) mass is 184 g/mol. The maximum Gasteiger partial charge on any atom is 0.356 e. The minimum atomic E-state index is -0.947. The highest BCUT2D eigenvalue weighted by Crippen LogP contribution is 2.23. The number of aromatic nitrogens is 2. The molecule has 0 fully saturated rings. The van der Waals surface area contributed by atoms with E-state index in [-0.39, 0.29) is 5.69 Å². The molecule has 2 rings (SSSR count). The fourth-order valence-corrected chi connectivity index (χ4v) is 2.10. The zero-order chi connectivity index (χ0) is 8.55. The Bertz CT molecular complexity index is 298. The fraction of sp³-hybridized carbons (Fsp3) is 0.429. The molecule has 0 bridgehead atoms. The molecule has 2 heterocycles. The summed E-state index contributed by atoms with van der Waals surface area (Å²) in [7, 11) is 0.